The Bertz CT molecular complexity index is 119. The lowest BCUT2D eigenvalue weighted by atomic mass is 10.2. The van der Waals surface area contributed by atoms with Crippen LogP contribution in [-0.2, 0) is 0 Å². The van der Waals surface area contributed by atoms with Gasteiger partial charge in [-0.15, -0.1) is 0 Å². The maximum Gasteiger partial charge on any atom is 0.128 e. The van der Waals surface area contributed by atoms with Crippen molar-refractivity contribution in [1.82, 2.24) is 0 Å². The number of aliphatic hydroxyl groups is 1. The number of halogens is 2. The molecule has 4 heteroatoms. The Morgan fingerprint density at radius 3 is 1.86 bits per heavy atom. The Morgan fingerprint density at radius 1 is 1.14 bits per heavy atom. The van der Waals surface area contributed by atoms with Gasteiger partial charge < -0.3 is 22.0 Å². The molecule has 88 valence electrons. The van der Waals surface area contributed by atoms with Crippen LogP contribution in [-0.4, -0.2) is 41.3 Å². The van der Waals surface area contributed by atoms with Crippen LogP contribution in [0.15, 0.2) is 0 Å². The van der Waals surface area contributed by atoms with Gasteiger partial charge in [0.2, 0.25) is 0 Å². The van der Waals surface area contributed by atoms with E-state index in [4.69, 9.17) is 16.7 Å². The molecule has 14 heavy (non-hydrogen) atoms. The maximum atomic E-state index is 8.93. The first-order valence-electron chi connectivity index (χ1n) is 5.27. The molecule has 2 nitrogen and oxygen atoms in total. The number of hydrogen-bond donors (Lipinski definition) is 1. The summed E-state index contributed by atoms with van der Waals surface area (Å²) in [4.78, 5) is 0. The smallest absolute Gasteiger partial charge is 0.128 e. The summed E-state index contributed by atoms with van der Waals surface area (Å²) < 4.78 is 1.14. The van der Waals surface area contributed by atoms with Gasteiger partial charge >= 0.3 is 0 Å². The van der Waals surface area contributed by atoms with E-state index in [1.165, 1.54) is 19.6 Å². The Morgan fingerprint density at radius 2 is 1.57 bits per heavy atom. The van der Waals surface area contributed by atoms with E-state index in [0.717, 1.165) is 17.4 Å². The fourth-order valence-electron chi connectivity index (χ4n) is 1.74. The van der Waals surface area contributed by atoms with Gasteiger partial charge in [-0.1, -0.05) is 11.6 Å². The first kappa shape index (κ1) is 16.9. The lowest BCUT2D eigenvalue weighted by molar-refractivity contribution is -0.923. The predicted octanol–water partition coefficient (Wildman–Crippen LogP) is -0.796. The summed E-state index contributed by atoms with van der Waals surface area (Å²) in [7, 11) is 0. The highest BCUT2D eigenvalue weighted by Crippen LogP contribution is 2.10. The molecular formula is C10H23Cl2NO. The van der Waals surface area contributed by atoms with Crippen LogP contribution in [0.4, 0.5) is 0 Å². The van der Waals surface area contributed by atoms with Crippen LogP contribution in [0, 0.1) is 0 Å². The number of alkyl halides is 1. The van der Waals surface area contributed by atoms with Crippen LogP contribution in [0.1, 0.15) is 33.6 Å². The van der Waals surface area contributed by atoms with Gasteiger partial charge in [0, 0.05) is 6.42 Å². The van der Waals surface area contributed by atoms with E-state index in [0.29, 0.717) is 6.42 Å². The average Bonchev–Trinajstić information content (AvgIpc) is 2.13. The molecule has 0 amide bonds. The first-order chi connectivity index (χ1) is 6.10. The first-order valence-corrected chi connectivity index (χ1v) is 5.71. The number of nitrogens with zero attached hydrogens (tertiary/aromatic N) is 1. The van der Waals surface area contributed by atoms with Gasteiger partial charge in [-0.05, 0) is 27.2 Å². The van der Waals surface area contributed by atoms with E-state index < -0.39 is 5.56 Å². The quantitative estimate of drug-likeness (QED) is 0.459. The lowest BCUT2D eigenvalue weighted by Gasteiger charge is -2.35. The minimum absolute atomic E-state index is 0. The third kappa shape index (κ3) is 6.07. The van der Waals surface area contributed by atoms with Gasteiger partial charge in [0.25, 0.3) is 0 Å². The highest BCUT2D eigenvalue weighted by Gasteiger charge is 2.19. The summed E-state index contributed by atoms with van der Waals surface area (Å²) in [6.07, 6.45) is 1.72. The third-order valence-corrected chi connectivity index (χ3v) is 3.31. The summed E-state index contributed by atoms with van der Waals surface area (Å²) in [5.41, 5.74) is -0.660. The fraction of sp³-hybridized carbons (Fsp3) is 1.00. The normalized spacial score (nSPS) is 13.5. The van der Waals surface area contributed by atoms with Crippen molar-refractivity contribution in [3.05, 3.63) is 0 Å². The zero-order valence-electron chi connectivity index (χ0n) is 9.47. The molecule has 0 bridgehead atoms. The zero-order valence-corrected chi connectivity index (χ0v) is 11.0. The van der Waals surface area contributed by atoms with Crippen LogP contribution in [0.3, 0.4) is 0 Å². The second-order valence-corrected chi connectivity index (χ2v) is 4.09. The molecule has 0 spiro atoms. The van der Waals surface area contributed by atoms with Crippen LogP contribution in [0.2, 0.25) is 0 Å². The van der Waals surface area contributed by atoms with Gasteiger partial charge in [0.05, 0.1) is 26.2 Å². The SMILES string of the molecule is CC[N+](CC)(CC)CCCC(O)Cl.[Cl-]. The molecule has 0 aliphatic carbocycles. The molecule has 0 heterocycles. The largest absolute Gasteiger partial charge is 1.00 e. The standard InChI is InChI=1S/C10H23ClNO.ClH/c1-4-12(5-2,6-3)9-7-8-10(11)13;/h10,13H,4-9H2,1-3H3;1H/q+1;/p-1. The molecule has 0 aromatic heterocycles. The molecule has 0 rings (SSSR count). The molecule has 1 N–H and O–H groups in total. The second kappa shape index (κ2) is 8.78. The Balaban J connectivity index is 0. The number of aliphatic hydroxyl groups excluding tert-OH is 1. The highest BCUT2D eigenvalue weighted by atomic mass is 35.5. The summed E-state index contributed by atoms with van der Waals surface area (Å²) in [6, 6.07) is 0. The Labute approximate surface area is 99.2 Å². The maximum absolute atomic E-state index is 8.93. The van der Waals surface area contributed by atoms with Crippen molar-refractivity contribution in [3.63, 3.8) is 0 Å². The molecule has 0 saturated carbocycles. The van der Waals surface area contributed by atoms with Gasteiger partial charge in [-0.2, -0.15) is 0 Å². The fourth-order valence-corrected chi connectivity index (χ4v) is 1.89. The molecule has 1 unspecified atom stereocenters. The van der Waals surface area contributed by atoms with Crippen molar-refractivity contribution in [1.29, 1.82) is 0 Å². The van der Waals surface area contributed by atoms with E-state index >= 15 is 0 Å². The summed E-state index contributed by atoms with van der Waals surface area (Å²) in [6.45, 7) is 11.3. The van der Waals surface area contributed by atoms with Crippen molar-refractivity contribution < 1.29 is 22.0 Å². The summed E-state index contributed by atoms with van der Waals surface area (Å²) >= 11 is 5.48. The molecular weight excluding hydrogens is 221 g/mol. The van der Waals surface area contributed by atoms with E-state index in [1.54, 1.807) is 0 Å². The van der Waals surface area contributed by atoms with Crippen LogP contribution in [0.5, 0.6) is 0 Å². The monoisotopic (exact) mass is 243 g/mol. The van der Waals surface area contributed by atoms with Crippen LogP contribution in [0.25, 0.3) is 0 Å². The van der Waals surface area contributed by atoms with Crippen molar-refractivity contribution in [2.45, 2.75) is 39.2 Å². The molecule has 0 fully saturated rings. The molecule has 0 saturated heterocycles. The highest BCUT2D eigenvalue weighted by molar-refractivity contribution is 6.19. The van der Waals surface area contributed by atoms with Crippen molar-refractivity contribution in [3.8, 4) is 0 Å². The van der Waals surface area contributed by atoms with Gasteiger partial charge in [0.15, 0.2) is 0 Å². The molecule has 0 aliphatic heterocycles. The van der Waals surface area contributed by atoms with Gasteiger partial charge in [0.1, 0.15) is 5.56 Å². The number of quaternary nitrogens is 1. The topological polar surface area (TPSA) is 20.2 Å². The van der Waals surface area contributed by atoms with E-state index in [-0.39, 0.29) is 12.4 Å². The van der Waals surface area contributed by atoms with Crippen molar-refractivity contribution in [2.24, 2.45) is 0 Å². The van der Waals surface area contributed by atoms with Crippen molar-refractivity contribution in [2.75, 3.05) is 26.2 Å². The zero-order chi connectivity index (χ0) is 10.3. The molecule has 0 radical (unpaired) electrons. The third-order valence-electron chi connectivity index (χ3n) is 3.09. The Hall–Kier alpha value is 0.500. The molecule has 0 aromatic rings. The predicted molar refractivity (Wildman–Crippen MR) is 57.8 cm³/mol. The number of rotatable bonds is 7. The van der Waals surface area contributed by atoms with Crippen LogP contribution < -0.4 is 12.4 Å². The summed E-state index contributed by atoms with van der Waals surface area (Å²) in [5.74, 6) is 0. The minimum Gasteiger partial charge on any atom is -1.00 e. The molecule has 1 atom stereocenters. The van der Waals surface area contributed by atoms with E-state index in [9.17, 15) is 0 Å². The number of hydrogen-bond acceptors (Lipinski definition) is 1. The lowest BCUT2D eigenvalue weighted by Crippen LogP contribution is -3.00. The summed E-state index contributed by atoms with van der Waals surface area (Å²) in [5, 5.41) is 8.93. The average molecular weight is 244 g/mol. The Kier molecular flexibility index (Phi) is 10.6. The van der Waals surface area contributed by atoms with Crippen molar-refractivity contribution >= 4 is 11.6 Å². The van der Waals surface area contributed by atoms with Gasteiger partial charge in [-0.3, -0.25) is 0 Å². The van der Waals surface area contributed by atoms with Gasteiger partial charge in [-0.25, -0.2) is 0 Å². The van der Waals surface area contributed by atoms with E-state index in [2.05, 4.69) is 20.8 Å². The second-order valence-electron chi connectivity index (χ2n) is 3.59. The van der Waals surface area contributed by atoms with Crippen LogP contribution >= 0.6 is 11.6 Å². The van der Waals surface area contributed by atoms with E-state index in [1.807, 2.05) is 0 Å². The minimum atomic E-state index is -0.660. The molecule has 0 aliphatic rings. The molecule has 0 aromatic carbocycles.